The molecule has 0 spiro atoms. The van der Waals surface area contributed by atoms with E-state index in [0.29, 0.717) is 44.4 Å². The Bertz CT molecular complexity index is 525. The number of nitrogens with one attached hydrogen (secondary N) is 1. The summed E-state index contributed by atoms with van der Waals surface area (Å²) in [6.45, 7) is 7.68. The van der Waals surface area contributed by atoms with Crippen molar-refractivity contribution in [1.82, 2.24) is 10.2 Å². The highest BCUT2D eigenvalue weighted by Gasteiger charge is 2.27. The normalized spacial score (nSPS) is 18.8. The fourth-order valence-corrected chi connectivity index (χ4v) is 2.72. The average Bonchev–Trinajstić information content (AvgIpc) is 2.64. The number of hydrogen-bond donors (Lipinski definition) is 3. The first-order chi connectivity index (χ1) is 13.2. The van der Waals surface area contributed by atoms with E-state index in [1.807, 2.05) is 0 Å². The Morgan fingerprint density at radius 1 is 1.11 bits per heavy atom. The molecule has 11 nitrogen and oxygen atoms in total. The first kappa shape index (κ1) is 25.3. The molecule has 0 aromatic carbocycles. The number of amides is 1. The van der Waals surface area contributed by atoms with Crippen LogP contribution in [-0.4, -0.2) is 70.3 Å². The average molecular weight is 403 g/mol. The fraction of sp³-hybridized carbons (Fsp3) is 0.706. The fourth-order valence-electron chi connectivity index (χ4n) is 2.72. The third-order valence-corrected chi connectivity index (χ3v) is 4.27. The molecule has 3 N–H and O–H groups in total. The summed E-state index contributed by atoms with van der Waals surface area (Å²) in [4.78, 5) is 48.1. The van der Waals surface area contributed by atoms with E-state index >= 15 is 0 Å². The molecule has 0 atom stereocenters. The van der Waals surface area contributed by atoms with Crippen molar-refractivity contribution in [2.24, 2.45) is 5.92 Å². The Morgan fingerprint density at radius 3 is 2.00 bits per heavy atom. The predicted molar refractivity (Wildman–Crippen MR) is 99.0 cm³/mol. The van der Waals surface area contributed by atoms with Crippen molar-refractivity contribution in [3.63, 3.8) is 0 Å². The van der Waals surface area contributed by atoms with Gasteiger partial charge in [0.2, 0.25) is 5.91 Å². The summed E-state index contributed by atoms with van der Waals surface area (Å²) in [6.07, 6.45) is 3.25. The summed E-state index contributed by atoms with van der Waals surface area (Å²) in [5.74, 6) is -2.48. The smallest absolute Gasteiger partial charge is 0.328 e. The first-order valence-electron chi connectivity index (χ1n) is 9.14. The molecule has 1 fully saturated rings. The van der Waals surface area contributed by atoms with Crippen molar-refractivity contribution >= 4 is 17.8 Å². The molecule has 1 rings (SSSR count). The second-order valence-corrected chi connectivity index (χ2v) is 6.13. The van der Waals surface area contributed by atoms with Crippen LogP contribution in [0.25, 0.3) is 0 Å². The second-order valence-electron chi connectivity index (χ2n) is 6.13. The number of carbonyl (C=O) groups excluding carboxylic acids is 1. The third kappa shape index (κ3) is 12.6. The van der Waals surface area contributed by atoms with Crippen LogP contribution in [0.5, 0.6) is 0 Å². The molecule has 0 heterocycles. The van der Waals surface area contributed by atoms with Crippen LogP contribution in [0.4, 0.5) is 0 Å². The standard InChI is InChI=1S/C13H25N3O4.C4H4O4/c1-3-15(4-2)10-9-14-13(17)11-5-7-12(8-6-11)20-16(18)19;5-3(6)1-2-4(7)8/h11-12H,3-10H2,1-2H3,(H,14,17);1-2H,(H,5,6)(H,7,8). The van der Waals surface area contributed by atoms with Gasteiger partial charge in [-0.2, -0.15) is 0 Å². The molecule has 0 saturated heterocycles. The number of rotatable bonds is 10. The SMILES string of the molecule is CCN(CC)CCNC(=O)C1CCC(O[N+](=O)[O-])CC1.O=C(O)C=CC(=O)O. The lowest BCUT2D eigenvalue weighted by molar-refractivity contribution is -0.769. The van der Waals surface area contributed by atoms with Crippen molar-refractivity contribution in [1.29, 1.82) is 0 Å². The van der Waals surface area contributed by atoms with Crippen LogP contribution < -0.4 is 5.32 Å². The van der Waals surface area contributed by atoms with E-state index in [1.54, 1.807) is 0 Å². The van der Waals surface area contributed by atoms with Crippen LogP contribution in [0.15, 0.2) is 12.2 Å². The molecule has 0 aliphatic heterocycles. The van der Waals surface area contributed by atoms with Crippen LogP contribution in [0, 0.1) is 16.0 Å². The van der Waals surface area contributed by atoms with Crippen molar-refractivity contribution in [2.75, 3.05) is 26.2 Å². The van der Waals surface area contributed by atoms with Crippen molar-refractivity contribution in [3.05, 3.63) is 22.3 Å². The molecule has 1 aliphatic rings. The lowest BCUT2D eigenvalue weighted by Crippen LogP contribution is -2.39. The lowest BCUT2D eigenvalue weighted by atomic mass is 9.87. The van der Waals surface area contributed by atoms with E-state index in [4.69, 9.17) is 10.2 Å². The molecule has 0 radical (unpaired) electrons. The summed E-state index contributed by atoms with van der Waals surface area (Å²) >= 11 is 0. The highest BCUT2D eigenvalue weighted by atomic mass is 17.0. The van der Waals surface area contributed by atoms with Crippen LogP contribution in [-0.2, 0) is 19.2 Å². The van der Waals surface area contributed by atoms with E-state index in [-0.39, 0.29) is 17.9 Å². The molecule has 28 heavy (non-hydrogen) atoms. The van der Waals surface area contributed by atoms with Crippen molar-refractivity contribution in [3.8, 4) is 0 Å². The molecule has 1 amide bonds. The monoisotopic (exact) mass is 403 g/mol. The van der Waals surface area contributed by atoms with Gasteiger partial charge in [0.15, 0.2) is 0 Å². The van der Waals surface area contributed by atoms with Gasteiger partial charge in [0, 0.05) is 31.2 Å². The maximum Gasteiger partial charge on any atom is 0.328 e. The number of carboxylic acid groups (broad SMARTS) is 2. The number of carbonyl (C=O) groups is 3. The van der Waals surface area contributed by atoms with Crippen LogP contribution >= 0.6 is 0 Å². The maximum absolute atomic E-state index is 12.0. The number of aliphatic carboxylic acids is 2. The third-order valence-electron chi connectivity index (χ3n) is 4.27. The number of carboxylic acids is 2. The minimum absolute atomic E-state index is 0.0293. The first-order valence-corrected chi connectivity index (χ1v) is 9.14. The Balaban J connectivity index is 0.000000769. The van der Waals surface area contributed by atoms with Crippen LogP contribution in [0.2, 0.25) is 0 Å². The Morgan fingerprint density at radius 2 is 1.61 bits per heavy atom. The minimum atomic E-state index is -1.26. The topological polar surface area (TPSA) is 159 Å². The zero-order chi connectivity index (χ0) is 21.5. The van der Waals surface area contributed by atoms with Gasteiger partial charge in [0.25, 0.3) is 5.09 Å². The summed E-state index contributed by atoms with van der Waals surface area (Å²) < 4.78 is 0. The van der Waals surface area contributed by atoms with Gasteiger partial charge in [-0.3, -0.25) is 4.79 Å². The van der Waals surface area contributed by atoms with Gasteiger partial charge in [-0.05, 0) is 38.8 Å². The molecular weight excluding hydrogens is 374 g/mol. The number of nitrogens with zero attached hydrogens (tertiary/aromatic N) is 2. The molecule has 0 unspecified atom stereocenters. The zero-order valence-corrected chi connectivity index (χ0v) is 16.2. The van der Waals surface area contributed by atoms with Gasteiger partial charge in [-0.1, -0.05) is 13.8 Å². The van der Waals surface area contributed by atoms with Gasteiger partial charge < -0.3 is 25.3 Å². The zero-order valence-electron chi connectivity index (χ0n) is 16.2. The lowest BCUT2D eigenvalue weighted by Gasteiger charge is -2.26. The van der Waals surface area contributed by atoms with Crippen LogP contribution in [0.3, 0.4) is 0 Å². The molecule has 1 saturated carbocycles. The number of likely N-dealkylation sites (N-methyl/N-ethyl adjacent to an activating group) is 1. The quantitative estimate of drug-likeness (QED) is 0.274. The van der Waals surface area contributed by atoms with E-state index in [1.165, 1.54) is 0 Å². The summed E-state index contributed by atoms with van der Waals surface area (Å²) in [5.41, 5.74) is 0. The summed E-state index contributed by atoms with van der Waals surface area (Å²) in [7, 11) is 0. The van der Waals surface area contributed by atoms with E-state index in [2.05, 4.69) is 28.9 Å². The van der Waals surface area contributed by atoms with Crippen LogP contribution in [0.1, 0.15) is 39.5 Å². The largest absolute Gasteiger partial charge is 0.478 e. The van der Waals surface area contributed by atoms with Crippen molar-refractivity contribution < 1.29 is 34.5 Å². The maximum atomic E-state index is 12.0. The summed E-state index contributed by atoms with van der Waals surface area (Å²) in [5, 5.41) is 28.1. The molecule has 1 aliphatic carbocycles. The molecule has 160 valence electrons. The van der Waals surface area contributed by atoms with Gasteiger partial charge in [-0.15, -0.1) is 10.1 Å². The van der Waals surface area contributed by atoms with Crippen molar-refractivity contribution in [2.45, 2.75) is 45.6 Å². The minimum Gasteiger partial charge on any atom is -0.478 e. The Hall–Kier alpha value is -2.69. The highest BCUT2D eigenvalue weighted by Crippen LogP contribution is 2.26. The second kappa shape index (κ2) is 14.4. The Kier molecular flexibility index (Phi) is 13.0. The van der Waals surface area contributed by atoms with Gasteiger partial charge in [0.1, 0.15) is 6.10 Å². The molecule has 0 aromatic heterocycles. The Labute approximate surface area is 163 Å². The summed E-state index contributed by atoms with van der Waals surface area (Å²) in [6, 6.07) is 0. The molecule has 0 bridgehead atoms. The molecule has 11 heteroatoms. The predicted octanol–water partition coefficient (Wildman–Crippen LogP) is 0.923. The van der Waals surface area contributed by atoms with E-state index in [0.717, 1.165) is 19.6 Å². The molecule has 0 aromatic rings. The highest BCUT2D eigenvalue weighted by molar-refractivity contribution is 5.89. The van der Waals surface area contributed by atoms with Gasteiger partial charge in [-0.25, -0.2) is 9.59 Å². The number of hydrogen-bond acceptors (Lipinski definition) is 7. The molecular formula is C17H29N3O8. The van der Waals surface area contributed by atoms with E-state index < -0.39 is 17.0 Å². The van der Waals surface area contributed by atoms with Gasteiger partial charge >= 0.3 is 11.9 Å². The van der Waals surface area contributed by atoms with Gasteiger partial charge in [0.05, 0.1) is 0 Å². The van der Waals surface area contributed by atoms with E-state index in [9.17, 15) is 24.5 Å².